The second-order valence-electron chi connectivity index (χ2n) is 5.97. The molecule has 24 heavy (non-hydrogen) atoms. The molecular weight excluding hydrogens is 304 g/mol. The molecule has 2 aromatic rings. The lowest BCUT2D eigenvalue weighted by Crippen LogP contribution is -2.29. The molecule has 1 amide bonds. The predicted molar refractivity (Wildman–Crippen MR) is 92.6 cm³/mol. The number of likely N-dealkylation sites (tertiary alicyclic amines) is 1. The molecule has 3 rings (SSSR count). The number of nitrogens with zero attached hydrogens (tertiary/aromatic N) is 3. The first-order valence-electron chi connectivity index (χ1n) is 8.07. The number of hydrogen-bond acceptors (Lipinski definition) is 5. The largest absolute Gasteiger partial charge is 0.480 e. The summed E-state index contributed by atoms with van der Waals surface area (Å²) in [4.78, 5) is 23.4. The lowest BCUT2D eigenvalue weighted by atomic mass is 10.0. The van der Waals surface area contributed by atoms with Crippen LogP contribution in [0.15, 0.2) is 30.5 Å². The van der Waals surface area contributed by atoms with Crippen molar-refractivity contribution in [1.82, 2.24) is 14.9 Å². The van der Waals surface area contributed by atoms with E-state index in [0.29, 0.717) is 24.5 Å². The molecule has 1 aliphatic heterocycles. The van der Waals surface area contributed by atoms with Crippen LogP contribution < -0.4 is 10.1 Å². The Labute approximate surface area is 141 Å². The lowest BCUT2D eigenvalue weighted by Gasteiger charge is -2.18. The van der Waals surface area contributed by atoms with Crippen LogP contribution >= 0.6 is 0 Å². The van der Waals surface area contributed by atoms with E-state index in [-0.39, 0.29) is 11.8 Å². The standard InChI is InChI=1S/C18H22N4O2/c1-12-9-14(19-2)10-16(21-12)13-6-8-22(11-13)18(23)15-5-4-7-20-17(15)24-3/h4-5,7,9-10,13H,6,8,11H2,1-3H3,(H,19,21). The Morgan fingerprint density at radius 1 is 1.42 bits per heavy atom. The van der Waals surface area contributed by atoms with Crippen LogP contribution in [0.5, 0.6) is 5.88 Å². The highest BCUT2D eigenvalue weighted by Crippen LogP contribution is 2.29. The van der Waals surface area contributed by atoms with Crippen LogP contribution in [-0.2, 0) is 0 Å². The third kappa shape index (κ3) is 3.18. The molecule has 0 bridgehead atoms. The first-order valence-corrected chi connectivity index (χ1v) is 8.07. The van der Waals surface area contributed by atoms with Crippen LogP contribution in [0.2, 0.25) is 0 Å². The van der Waals surface area contributed by atoms with E-state index in [1.807, 2.05) is 24.9 Å². The maximum atomic E-state index is 12.8. The summed E-state index contributed by atoms with van der Waals surface area (Å²) in [5.74, 6) is 0.588. The molecule has 0 saturated carbocycles. The van der Waals surface area contributed by atoms with Gasteiger partial charge in [-0.15, -0.1) is 0 Å². The van der Waals surface area contributed by atoms with Crippen molar-refractivity contribution in [2.45, 2.75) is 19.3 Å². The van der Waals surface area contributed by atoms with Gasteiger partial charge in [0, 0.05) is 49.3 Å². The predicted octanol–water partition coefficient (Wildman–Crippen LogP) is 2.47. The van der Waals surface area contributed by atoms with Gasteiger partial charge in [-0.2, -0.15) is 0 Å². The van der Waals surface area contributed by atoms with E-state index in [9.17, 15) is 4.79 Å². The SMILES string of the molecule is CNc1cc(C)nc(C2CCN(C(=O)c3cccnc3OC)C2)c1. The van der Waals surface area contributed by atoms with Gasteiger partial charge >= 0.3 is 0 Å². The number of carbonyl (C=O) groups excluding carboxylic acids is 1. The Hall–Kier alpha value is -2.63. The van der Waals surface area contributed by atoms with Crippen molar-refractivity contribution in [2.24, 2.45) is 0 Å². The fourth-order valence-electron chi connectivity index (χ4n) is 3.12. The number of nitrogens with one attached hydrogen (secondary N) is 1. The molecule has 1 atom stereocenters. The van der Waals surface area contributed by atoms with Crippen LogP contribution in [0, 0.1) is 6.92 Å². The lowest BCUT2D eigenvalue weighted by molar-refractivity contribution is 0.0786. The average molecular weight is 326 g/mol. The summed E-state index contributed by atoms with van der Waals surface area (Å²) in [5.41, 5.74) is 3.58. The van der Waals surface area contributed by atoms with Gasteiger partial charge in [-0.25, -0.2) is 4.98 Å². The van der Waals surface area contributed by atoms with Crippen LogP contribution in [0.25, 0.3) is 0 Å². The second-order valence-corrected chi connectivity index (χ2v) is 5.97. The number of anilines is 1. The van der Waals surface area contributed by atoms with Crippen molar-refractivity contribution >= 4 is 11.6 Å². The van der Waals surface area contributed by atoms with Crippen LogP contribution in [0.3, 0.4) is 0 Å². The number of aromatic nitrogens is 2. The average Bonchev–Trinajstić information content (AvgIpc) is 3.10. The summed E-state index contributed by atoms with van der Waals surface area (Å²) in [6.45, 7) is 3.37. The molecule has 0 spiro atoms. The van der Waals surface area contributed by atoms with Gasteiger partial charge in [-0.1, -0.05) is 0 Å². The molecule has 2 aromatic heterocycles. The van der Waals surface area contributed by atoms with Gasteiger partial charge in [0.1, 0.15) is 5.56 Å². The number of rotatable bonds is 4. The van der Waals surface area contributed by atoms with Gasteiger partial charge in [-0.3, -0.25) is 9.78 Å². The highest BCUT2D eigenvalue weighted by Gasteiger charge is 2.30. The molecule has 6 nitrogen and oxygen atoms in total. The summed E-state index contributed by atoms with van der Waals surface area (Å²) >= 11 is 0. The van der Waals surface area contributed by atoms with Crippen LogP contribution in [0.1, 0.15) is 34.1 Å². The van der Waals surface area contributed by atoms with Crippen molar-refractivity contribution in [3.63, 3.8) is 0 Å². The topological polar surface area (TPSA) is 67.4 Å². The van der Waals surface area contributed by atoms with E-state index in [0.717, 1.165) is 23.5 Å². The number of amides is 1. The Morgan fingerprint density at radius 2 is 2.25 bits per heavy atom. The maximum Gasteiger partial charge on any atom is 0.259 e. The fraction of sp³-hybridized carbons (Fsp3) is 0.389. The number of aryl methyl sites for hydroxylation is 1. The van der Waals surface area contributed by atoms with Gasteiger partial charge in [0.2, 0.25) is 5.88 Å². The summed E-state index contributed by atoms with van der Waals surface area (Å²) in [7, 11) is 3.43. The monoisotopic (exact) mass is 326 g/mol. The van der Waals surface area contributed by atoms with Crippen LogP contribution in [0.4, 0.5) is 5.69 Å². The molecule has 3 heterocycles. The molecule has 0 radical (unpaired) electrons. The summed E-state index contributed by atoms with van der Waals surface area (Å²) < 4.78 is 5.20. The fourth-order valence-corrected chi connectivity index (χ4v) is 3.12. The zero-order valence-corrected chi connectivity index (χ0v) is 14.2. The molecular formula is C18H22N4O2. The van der Waals surface area contributed by atoms with Gasteiger partial charge in [0.15, 0.2) is 0 Å². The smallest absolute Gasteiger partial charge is 0.259 e. The summed E-state index contributed by atoms with van der Waals surface area (Å²) in [6, 6.07) is 7.59. The molecule has 1 saturated heterocycles. The third-order valence-electron chi connectivity index (χ3n) is 4.35. The van der Waals surface area contributed by atoms with E-state index >= 15 is 0 Å². The number of hydrogen-bond donors (Lipinski definition) is 1. The molecule has 0 aliphatic carbocycles. The zero-order chi connectivity index (χ0) is 17.1. The maximum absolute atomic E-state index is 12.8. The Morgan fingerprint density at radius 3 is 3.00 bits per heavy atom. The molecule has 1 aliphatic rings. The summed E-state index contributed by atoms with van der Waals surface area (Å²) in [6.07, 6.45) is 2.53. The van der Waals surface area contributed by atoms with Gasteiger partial charge in [-0.05, 0) is 37.6 Å². The van der Waals surface area contributed by atoms with E-state index in [4.69, 9.17) is 4.74 Å². The molecule has 6 heteroatoms. The quantitative estimate of drug-likeness (QED) is 0.935. The minimum absolute atomic E-state index is 0.0380. The molecule has 1 fully saturated rings. The van der Waals surface area contributed by atoms with Crippen molar-refractivity contribution in [1.29, 1.82) is 0 Å². The van der Waals surface area contributed by atoms with Gasteiger partial charge in [0.05, 0.1) is 7.11 Å². The highest BCUT2D eigenvalue weighted by molar-refractivity contribution is 5.96. The van der Waals surface area contributed by atoms with Crippen LogP contribution in [-0.4, -0.2) is 48.0 Å². The Balaban J connectivity index is 1.78. The third-order valence-corrected chi connectivity index (χ3v) is 4.35. The first-order chi connectivity index (χ1) is 11.6. The number of carbonyl (C=O) groups is 1. The number of ether oxygens (including phenoxy) is 1. The highest BCUT2D eigenvalue weighted by atomic mass is 16.5. The Bertz CT molecular complexity index is 748. The second kappa shape index (κ2) is 6.86. The zero-order valence-electron chi connectivity index (χ0n) is 14.2. The van der Waals surface area contributed by atoms with Gasteiger partial charge in [0.25, 0.3) is 5.91 Å². The van der Waals surface area contributed by atoms with Crippen molar-refractivity contribution in [2.75, 3.05) is 32.6 Å². The minimum Gasteiger partial charge on any atom is -0.480 e. The van der Waals surface area contributed by atoms with E-state index in [1.165, 1.54) is 7.11 Å². The number of methoxy groups -OCH3 is 1. The number of pyridine rings is 2. The van der Waals surface area contributed by atoms with Crippen molar-refractivity contribution < 1.29 is 9.53 Å². The summed E-state index contributed by atoms with van der Waals surface area (Å²) in [5, 5.41) is 3.16. The van der Waals surface area contributed by atoms with E-state index in [2.05, 4.69) is 21.4 Å². The molecule has 1 N–H and O–H groups in total. The molecule has 126 valence electrons. The Kier molecular flexibility index (Phi) is 4.64. The van der Waals surface area contributed by atoms with E-state index < -0.39 is 0 Å². The molecule has 1 unspecified atom stereocenters. The van der Waals surface area contributed by atoms with E-state index in [1.54, 1.807) is 18.3 Å². The van der Waals surface area contributed by atoms with Gasteiger partial charge < -0.3 is 15.0 Å². The molecule has 0 aromatic carbocycles. The normalized spacial score (nSPS) is 17.0. The van der Waals surface area contributed by atoms with Crippen molar-refractivity contribution in [3.8, 4) is 5.88 Å². The minimum atomic E-state index is -0.0380. The van der Waals surface area contributed by atoms with Crippen molar-refractivity contribution in [3.05, 3.63) is 47.4 Å². The first kappa shape index (κ1) is 16.2.